The highest BCUT2D eigenvalue weighted by molar-refractivity contribution is 5.78. The Morgan fingerprint density at radius 1 is 0.720 bits per heavy atom. The summed E-state index contributed by atoms with van der Waals surface area (Å²) in [4.78, 5) is 0. The van der Waals surface area contributed by atoms with Crippen LogP contribution in [0.3, 0.4) is 0 Å². The minimum absolute atomic E-state index is 0.243. The molecule has 0 unspecified atom stereocenters. The first-order chi connectivity index (χ1) is 12.3. The average molecular weight is 327 g/mol. The van der Waals surface area contributed by atoms with Crippen molar-refractivity contribution in [3.05, 3.63) is 90.5 Å². The van der Waals surface area contributed by atoms with E-state index in [1.807, 2.05) is 65.3 Å². The molecule has 0 radical (unpaired) electrons. The fourth-order valence-corrected chi connectivity index (χ4v) is 2.88. The first kappa shape index (κ1) is 15.1. The van der Waals surface area contributed by atoms with Crippen molar-refractivity contribution in [3.63, 3.8) is 0 Å². The SMILES string of the molecule is Oc1ccc(-c2c(-c3ccccc3)nnn2Cc2ccccc2)cc1. The normalized spacial score (nSPS) is 10.7. The molecule has 4 aromatic rings. The van der Waals surface area contributed by atoms with Gasteiger partial charge in [-0.05, 0) is 29.8 Å². The van der Waals surface area contributed by atoms with Crippen molar-refractivity contribution < 1.29 is 5.11 Å². The summed E-state index contributed by atoms with van der Waals surface area (Å²) in [6.07, 6.45) is 0. The van der Waals surface area contributed by atoms with Gasteiger partial charge in [-0.2, -0.15) is 0 Å². The first-order valence-electron chi connectivity index (χ1n) is 8.13. The molecule has 0 aliphatic rings. The van der Waals surface area contributed by atoms with Gasteiger partial charge in [-0.1, -0.05) is 65.9 Å². The van der Waals surface area contributed by atoms with Crippen molar-refractivity contribution in [1.82, 2.24) is 15.0 Å². The number of aromatic nitrogens is 3. The number of hydrogen-bond acceptors (Lipinski definition) is 3. The molecule has 1 N–H and O–H groups in total. The summed E-state index contributed by atoms with van der Waals surface area (Å²) in [5.74, 6) is 0.243. The molecule has 4 rings (SSSR count). The number of phenols is 1. The van der Waals surface area contributed by atoms with Gasteiger partial charge < -0.3 is 5.11 Å². The second-order valence-corrected chi connectivity index (χ2v) is 5.84. The lowest BCUT2D eigenvalue weighted by Crippen LogP contribution is -2.04. The summed E-state index contributed by atoms with van der Waals surface area (Å²) >= 11 is 0. The lowest BCUT2D eigenvalue weighted by atomic mass is 10.0. The molecule has 0 aliphatic heterocycles. The van der Waals surface area contributed by atoms with Crippen molar-refractivity contribution in [3.8, 4) is 28.3 Å². The van der Waals surface area contributed by atoms with Gasteiger partial charge in [0.15, 0.2) is 0 Å². The molecule has 3 aromatic carbocycles. The van der Waals surface area contributed by atoms with Crippen LogP contribution in [0, 0.1) is 0 Å². The van der Waals surface area contributed by atoms with Crippen LogP contribution in [0.2, 0.25) is 0 Å². The highest BCUT2D eigenvalue weighted by Crippen LogP contribution is 2.31. The predicted molar refractivity (Wildman–Crippen MR) is 98.1 cm³/mol. The summed E-state index contributed by atoms with van der Waals surface area (Å²) in [7, 11) is 0. The van der Waals surface area contributed by atoms with E-state index in [1.54, 1.807) is 12.1 Å². The van der Waals surface area contributed by atoms with Gasteiger partial charge in [-0.3, -0.25) is 0 Å². The van der Waals surface area contributed by atoms with Gasteiger partial charge in [0, 0.05) is 11.1 Å². The van der Waals surface area contributed by atoms with E-state index >= 15 is 0 Å². The number of benzene rings is 3. The zero-order valence-electron chi connectivity index (χ0n) is 13.6. The molecule has 0 amide bonds. The first-order valence-corrected chi connectivity index (χ1v) is 8.13. The molecule has 4 nitrogen and oxygen atoms in total. The average Bonchev–Trinajstić information content (AvgIpc) is 3.07. The Kier molecular flexibility index (Phi) is 4.01. The summed E-state index contributed by atoms with van der Waals surface area (Å²) in [5, 5.41) is 18.4. The largest absolute Gasteiger partial charge is 0.508 e. The summed E-state index contributed by atoms with van der Waals surface area (Å²) in [5.41, 5.74) is 4.92. The highest BCUT2D eigenvalue weighted by atomic mass is 16.3. The number of hydrogen-bond donors (Lipinski definition) is 1. The predicted octanol–water partition coefficient (Wildman–Crippen LogP) is 4.37. The van der Waals surface area contributed by atoms with Gasteiger partial charge in [0.2, 0.25) is 0 Å². The molecule has 0 bridgehead atoms. The summed E-state index contributed by atoms with van der Waals surface area (Å²) < 4.78 is 1.91. The van der Waals surface area contributed by atoms with Crippen molar-refractivity contribution >= 4 is 0 Å². The van der Waals surface area contributed by atoms with E-state index in [0.717, 1.165) is 28.1 Å². The summed E-state index contributed by atoms with van der Waals surface area (Å²) in [6, 6.07) is 27.4. The van der Waals surface area contributed by atoms with Crippen LogP contribution < -0.4 is 0 Å². The molecular formula is C21H17N3O. The van der Waals surface area contributed by atoms with E-state index in [9.17, 15) is 5.11 Å². The van der Waals surface area contributed by atoms with Crippen molar-refractivity contribution in [2.24, 2.45) is 0 Å². The molecule has 0 aliphatic carbocycles. The van der Waals surface area contributed by atoms with Gasteiger partial charge in [-0.25, -0.2) is 4.68 Å². The maximum Gasteiger partial charge on any atom is 0.121 e. The number of phenolic OH excluding ortho intramolecular Hbond substituents is 1. The van der Waals surface area contributed by atoms with Crippen LogP contribution in [0.5, 0.6) is 5.75 Å². The Morgan fingerprint density at radius 3 is 2.04 bits per heavy atom. The molecule has 0 saturated carbocycles. The van der Waals surface area contributed by atoms with E-state index in [1.165, 1.54) is 0 Å². The Hall–Kier alpha value is -3.40. The minimum atomic E-state index is 0.243. The molecule has 1 heterocycles. The fourth-order valence-electron chi connectivity index (χ4n) is 2.88. The van der Waals surface area contributed by atoms with Crippen LogP contribution in [-0.2, 0) is 6.54 Å². The van der Waals surface area contributed by atoms with E-state index in [0.29, 0.717) is 6.54 Å². The zero-order valence-corrected chi connectivity index (χ0v) is 13.6. The molecule has 0 spiro atoms. The molecule has 0 atom stereocenters. The zero-order chi connectivity index (χ0) is 17.1. The van der Waals surface area contributed by atoms with Crippen LogP contribution in [0.25, 0.3) is 22.5 Å². The number of aromatic hydroxyl groups is 1. The minimum Gasteiger partial charge on any atom is -0.508 e. The second-order valence-electron chi connectivity index (χ2n) is 5.84. The van der Waals surface area contributed by atoms with Crippen LogP contribution in [0.15, 0.2) is 84.9 Å². The lowest BCUT2D eigenvalue weighted by molar-refractivity contribution is 0.475. The molecule has 1 aromatic heterocycles. The second kappa shape index (κ2) is 6.61. The Labute approximate surface area is 146 Å². The van der Waals surface area contributed by atoms with Crippen molar-refractivity contribution in [2.45, 2.75) is 6.54 Å². The summed E-state index contributed by atoms with van der Waals surface area (Å²) in [6.45, 7) is 0.636. The van der Waals surface area contributed by atoms with Gasteiger partial charge in [0.25, 0.3) is 0 Å². The van der Waals surface area contributed by atoms with Crippen molar-refractivity contribution in [1.29, 1.82) is 0 Å². The van der Waals surface area contributed by atoms with E-state index in [-0.39, 0.29) is 5.75 Å². The molecule has 0 saturated heterocycles. The molecule has 0 fully saturated rings. The van der Waals surface area contributed by atoms with Gasteiger partial charge in [-0.15, -0.1) is 5.10 Å². The van der Waals surface area contributed by atoms with Gasteiger partial charge in [0.05, 0.1) is 12.2 Å². The lowest BCUT2D eigenvalue weighted by Gasteiger charge is -2.09. The smallest absolute Gasteiger partial charge is 0.121 e. The monoisotopic (exact) mass is 327 g/mol. The van der Waals surface area contributed by atoms with Crippen molar-refractivity contribution in [2.75, 3.05) is 0 Å². The Balaban J connectivity index is 1.84. The Morgan fingerprint density at radius 2 is 1.36 bits per heavy atom. The highest BCUT2D eigenvalue weighted by Gasteiger charge is 2.16. The molecule has 25 heavy (non-hydrogen) atoms. The van der Waals surface area contributed by atoms with E-state index < -0.39 is 0 Å². The topological polar surface area (TPSA) is 50.9 Å². The maximum atomic E-state index is 9.61. The van der Waals surface area contributed by atoms with Crippen LogP contribution >= 0.6 is 0 Å². The third-order valence-electron chi connectivity index (χ3n) is 4.10. The number of nitrogens with zero attached hydrogens (tertiary/aromatic N) is 3. The Bertz CT molecular complexity index is 961. The van der Waals surface area contributed by atoms with Gasteiger partial charge >= 0.3 is 0 Å². The molecular weight excluding hydrogens is 310 g/mol. The van der Waals surface area contributed by atoms with Crippen LogP contribution in [-0.4, -0.2) is 20.1 Å². The third-order valence-corrected chi connectivity index (χ3v) is 4.10. The molecule has 122 valence electrons. The van der Waals surface area contributed by atoms with E-state index in [4.69, 9.17) is 0 Å². The van der Waals surface area contributed by atoms with Gasteiger partial charge in [0.1, 0.15) is 11.4 Å². The van der Waals surface area contributed by atoms with Crippen LogP contribution in [0.4, 0.5) is 0 Å². The standard InChI is InChI=1S/C21H17N3O/c25-19-13-11-18(12-14-19)21-20(17-9-5-2-6-10-17)22-23-24(21)15-16-7-3-1-4-8-16/h1-14,25H,15H2. The molecule has 4 heteroatoms. The quantitative estimate of drug-likeness (QED) is 0.606. The van der Waals surface area contributed by atoms with Crippen LogP contribution in [0.1, 0.15) is 5.56 Å². The third kappa shape index (κ3) is 3.15. The fraction of sp³-hybridized carbons (Fsp3) is 0.0476. The maximum absolute atomic E-state index is 9.61. The number of rotatable bonds is 4. The van der Waals surface area contributed by atoms with E-state index in [2.05, 4.69) is 22.4 Å².